The van der Waals surface area contributed by atoms with Crippen LogP contribution in [-0.2, 0) is 14.4 Å². The number of carboxylic acid groups (broad SMARTS) is 1. The molecule has 0 heterocycles. The summed E-state index contributed by atoms with van der Waals surface area (Å²) >= 11 is 6.04. The number of hydrogen-bond donors (Lipinski definition) is 3. The average molecular weight is 325 g/mol. The number of carbonyl (C=O) groups is 3. The summed E-state index contributed by atoms with van der Waals surface area (Å²) in [5, 5.41) is 14.7. The molecule has 1 aliphatic rings. The lowest BCUT2D eigenvalue weighted by Gasteiger charge is -2.13. The first-order chi connectivity index (χ1) is 10.4. The van der Waals surface area contributed by atoms with Gasteiger partial charge in [-0.25, -0.2) is 0 Å². The number of nitrogens with one attached hydrogen (secondary N) is 2. The molecule has 0 aliphatic heterocycles. The summed E-state index contributed by atoms with van der Waals surface area (Å²) in [5.74, 6) is -2.12. The zero-order valence-electron chi connectivity index (χ0n) is 12.1. The second-order valence-electron chi connectivity index (χ2n) is 5.41. The molecule has 3 N–H and O–H groups in total. The minimum Gasteiger partial charge on any atom is -0.481 e. The minimum absolute atomic E-state index is 0.223. The molecule has 0 saturated heterocycles. The van der Waals surface area contributed by atoms with E-state index in [1.165, 1.54) is 6.92 Å². The predicted molar refractivity (Wildman–Crippen MR) is 82.9 cm³/mol. The van der Waals surface area contributed by atoms with Gasteiger partial charge in [0.2, 0.25) is 11.8 Å². The summed E-state index contributed by atoms with van der Waals surface area (Å²) in [6, 6.07) is 4.79. The molecule has 0 unspecified atom stereocenters. The molecule has 1 aliphatic carbocycles. The number of hydrogen-bond acceptors (Lipinski definition) is 3. The molecule has 0 aromatic heterocycles. The van der Waals surface area contributed by atoms with Crippen LogP contribution in [0.4, 0.5) is 11.4 Å². The number of amides is 2. The molecule has 0 radical (unpaired) electrons. The fraction of sp³-hybridized carbons (Fsp3) is 0.400. The molecule has 2 atom stereocenters. The van der Waals surface area contributed by atoms with Crippen LogP contribution in [0.2, 0.25) is 5.02 Å². The van der Waals surface area contributed by atoms with E-state index in [1.807, 2.05) is 0 Å². The number of carboxylic acids is 1. The van der Waals surface area contributed by atoms with Gasteiger partial charge in [0.25, 0.3) is 0 Å². The van der Waals surface area contributed by atoms with Gasteiger partial charge in [0, 0.05) is 18.5 Å². The second kappa shape index (κ2) is 6.79. The van der Waals surface area contributed by atoms with Crippen LogP contribution in [0, 0.1) is 11.8 Å². The van der Waals surface area contributed by atoms with Crippen LogP contribution in [0.5, 0.6) is 0 Å². The van der Waals surface area contributed by atoms with Crippen molar-refractivity contribution in [1.82, 2.24) is 0 Å². The van der Waals surface area contributed by atoms with Gasteiger partial charge in [0.1, 0.15) is 0 Å². The molecular weight excluding hydrogens is 308 g/mol. The minimum atomic E-state index is -0.860. The Balaban J connectivity index is 2.05. The van der Waals surface area contributed by atoms with E-state index in [1.54, 1.807) is 18.2 Å². The molecular formula is C15H17ClN2O4. The van der Waals surface area contributed by atoms with E-state index in [4.69, 9.17) is 16.7 Å². The highest BCUT2D eigenvalue weighted by molar-refractivity contribution is 6.33. The van der Waals surface area contributed by atoms with E-state index in [0.717, 1.165) is 0 Å². The molecule has 1 saturated carbocycles. The predicted octanol–water partition coefficient (Wildman–Crippen LogP) is 2.74. The Bertz CT molecular complexity index is 618. The Labute approximate surface area is 132 Å². The highest BCUT2D eigenvalue weighted by atomic mass is 35.5. The Hall–Kier alpha value is -2.08. The number of rotatable bonds is 4. The zero-order valence-corrected chi connectivity index (χ0v) is 12.8. The molecule has 0 spiro atoms. The normalized spacial score (nSPS) is 20.5. The second-order valence-corrected chi connectivity index (χ2v) is 5.82. The third-order valence-electron chi connectivity index (χ3n) is 3.70. The van der Waals surface area contributed by atoms with Crippen molar-refractivity contribution in [2.75, 3.05) is 10.6 Å². The standard InChI is InChI=1S/C15H17ClN2O4/c1-8(19)17-11-4-5-12(16)13(7-11)18-14(20)9-2-3-10(6-9)15(21)22/h4-5,7,9-10H,2-3,6H2,1H3,(H,17,19)(H,18,20)(H,21,22)/t9-,10+/m1/s1. The monoisotopic (exact) mass is 324 g/mol. The van der Waals surface area contributed by atoms with E-state index >= 15 is 0 Å². The highest BCUT2D eigenvalue weighted by Crippen LogP contribution is 2.33. The van der Waals surface area contributed by atoms with Gasteiger partial charge in [-0.05, 0) is 37.5 Å². The summed E-state index contributed by atoms with van der Waals surface area (Å²) in [6.07, 6.45) is 1.39. The average Bonchev–Trinajstić information content (AvgIpc) is 2.92. The van der Waals surface area contributed by atoms with Gasteiger partial charge in [-0.3, -0.25) is 14.4 Å². The van der Waals surface area contributed by atoms with Gasteiger partial charge in [-0.15, -0.1) is 0 Å². The van der Waals surface area contributed by atoms with Crippen molar-refractivity contribution in [3.8, 4) is 0 Å². The third kappa shape index (κ3) is 3.98. The van der Waals surface area contributed by atoms with E-state index in [9.17, 15) is 14.4 Å². The first kappa shape index (κ1) is 16.3. The van der Waals surface area contributed by atoms with Gasteiger partial charge >= 0.3 is 5.97 Å². The van der Waals surface area contributed by atoms with Crippen LogP contribution in [0.3, 0.4) is 0 Å². The first-order valence-corrected chi connectivity index (χ1v) is 7.35. The number of halogens is 1. The Morgan fingerprint density at radius 2 is 1.86 bits per heavy atom. The van der Waals surface area contributed by atoms with Crippen LogP contribution < -0.4 is 10.6 Å². The van der Waals surface area contributed by atoms with Crippen molar-refractivity contribution in [3.63, 3.8) is 0 Å². The van der Waals surface area contributed by atoms with Crippen molar-refractivity contribution in [1.29, 1.82) is 0 Å². The molecule has 118 valence electrons. The van der Waals surface area contributed by atoms with Gasteiger partial charge in [-0.1, -0.05) is 11.6 Å². The number of anilines is 2. The van der Waals surface area contributed by atoms with Gasteiger partial charge in [0.05, 0.1) is 16.6 Å². The summed E-state index contributed by atoms with van der Waals surface area (Å²) in [4.78, 5) is 34.2. The van der Waals surface area contributed by atoms with Crippen molar-refractivity contribution < 1.29 is 19.5 Å². The van der Waals surface area contributed by atoms with Crippen molar-refractivity contribution in [2.45, 2.75) is 26.2 Å². The first-order valence-electron chi connectivity index (χ1n) is 6.97. The van der Waals surface area contributed by atoms with Crippen molar-refractivity contribution in [2.24, 2.45) is 11.8 Å². The Morgan fingerprint density at radius 1 is 1.18 bits per heavy atom. The number of aliphatic carboxylic acids is 1. The Kier molecular flexibility index (Phi) is 5.03. The summed E-state index contributed by atoms with van der Waals surface area (Å²) in [5.41, 5.74) is 0.929. The third-order valence-corrected chi connectivity index (χ3v) is 4.03. The maximum Gasteiger partial charge on any atom is 0.306 e. The lowest BCUT2D eigenvalue weighted by molar-refractivity contribution is -0.141. The zero-order chi connectivity index (χ0) is 16.3. The smallest absolute Gasteiger partial charge is 0.306 e. The van der Waals surface area contributed by atoms with Gasteiger partial charge in [0.15, 0.2) is 0 Å². The fourth-order valence-corrected chi connectivity index (χ4v) is 2.75. The van der Waals surface area contributed by atoms with Crippen LogP contribution in [0.1, 0.15) is 26.2 Å². The topological polar surface area (TPSA) is 95.5 Å². The molecule has 2 rings (SSSR count). The molecule has 1 fully saturated rings. The molecule has 2 amide bonds. The number of benzene rings is 1. The lowest BCUT2D eigenvalue weighted by Crippen LogP contribution is -2.22. The van der Waals surface area contributed by atoms with Crippen LogP contribution in [-0.4, -0.2) is 22.9 Å². The van der Waals surface area contributed by atoms with Crippen LogP contribution >= 0.6 is 11.6 Å². The van der Waals surface area contributed by atoms with Crippen molar-refractivity contribution in [3.05, 3.63) is 23.2 Å². The van der Waals surface area contributed by atoms with E-state index < -0.39 is 11.9 Å². The lowest BCUT2D eigenvalue weighted by atomic mass is 10.0. The largest absolute Gasteiger partial charge is 0.481 e. The van der Waals surface area contributed by atoms with E-state index in [0.29, 0.717) is 35.7 Å². The van der Waals surface area contributed by atoms with Gasteiger partial charge < -0.3 is 15.7 Å². The van der Waals surface area contributed by atoms with Gasteiger partial charge in [-0.2, -0.15) is 0 Å². The number of carbonyl (C=O) groups excluding carboxylic acids is 2. The van der Waals surface area contributed by atoms with Crippen molar-refractivity contribution >= 4 is 40.8 Å². The fourth-order valence-electron chi connectivity index (χ4n) is 2.58. The summed E-state index contributed by atoms with van der Waals surface area (Å²) in [6.45, 7) is 1.39. The SMILES string of the molecule is CC(=O)Nc1ccc(Cl)c(NC(=O)[C@@H]2CC[C@H](C(=O)O)C2)c1. The maximum absolute atomic E-state index is 12.2. The molecule has 22 heavy (non-hydrogen) atoms. The molecule has 1 aromatic carbocycles. The maximum atomic E-state index is 12.2. The van der Waals surface area contributed by atoms with E-state index in [-0.39, 0.29) is 17.7 Å². The molecule has 1 aromatic rings. The molecule has 0 bridgehead atoms. The van der Waals surface area contributed by atoms with Crippen LogP contribution in [0.25, 0.3) is 0 Å². The van der Waals surface area contributed by atoms with E-state index in [2.05, 4.69) is 10.6 Å². The summed E-state index contributed by atoms with van der Waals surface area (Å²) in [7, 11) is 0. The quantitative estimate of drug-likeness (QED) is 0.793. The molecule has 7 heteroatoms. The highest BCUT2D eigenvalue weighted by Gasteiger charge is 2.33. The Morgan fingerprint density at radius 3 is 2.45 bits per heavy atom. The summed E-state index contributed by atoms with van der Waals surface area (Å²) < 4.78 is 0. The van der Waals surface area contributed by atoms with Crippen LogP contribution in [0.15, 0.2) is 18.2 Å². The molecule has 6 nitrogen and oxygen atoms in total.